The Kier molecular flexibility index (Phi) is 81.1. The Morgan fingerprint density at radius 2 is 0.422 bits per heavy atom. The summed E-state index contributed by atoms with van der Waals surface area (Å²) in [5.74, 6) is -1.29. The van der Waals surface area contributed by atoms with E-state index in [0.29, 0.717) is 25.7 Å². The second kappa shape index (κ2) is 82.6. The van der Waals surface area contributed by atoms with E-state index in [4.69, 9.17) is 37.0 Å². The normalized spacial score (nSPS) is 13.7. The van der Waals surface area contributed by atoms with E-state index in [1.807, 2.05) is 0 Å². The summed E-state index contributed by atoms with van der Waals surface area (Å²) < 4.78 is 69.0. The molecular weight excluding hydrogens is 1410 g/mol. The summed E-state index contributed by atoms with van der Waals surface area (Å²) in [6, 6.07) is 0. The summed E-state index contributed by atoms with van der Waals surface area (Å²) in [4.78, 5) is 73.3. The van der Waals surface area contributed by atoms with Gasteiger partial charge in [-0.2, -0.15) is 0 Å². The van der Waals surface area contributed by atoms with Gasteiger partial charge in [0.1, 0.15) is 19.3 Å². The number of hydrogen-bond acceptors (Lipinski definition) is 15. The van der Waals surface area contributed by atoms with E-state index in [1.165, 1.54) is 315 Å². The number of aliphatic hydroxyl groups is 1. The minimum Gasteiger partial charge on any atom is -0.462 e. The topological polar surface area (TPSA) is 237 Å². The van der Waals surface area contributed by atoms with E-state index in [9.17, 15) is 43.2 Å². The maximum absolute atomic E-state index is 13.2. The van der Waals surface area contributed by atoms with Crippen LogP contribution in [0.25, 0.3) is 0 Å². The van der Waals surface area contributed by atoms with Crippen molar-refractivity contribution in [2.24, 2.45) is 5.92 Å². The standard InChI is InChI=1S/C90H176O17P2/c1-6-9-12-15-18-21-24-26-28-30-32-33-34-36-38-42-46-50-55-60-65-70-75-90(95)107-86(80-101-88(93)74-69-64-59-54-49-45-41-37-35-31-29-27-25-22-19-16-13-10-7-2)82-105-109(98,99)103-78-84(91)77-102-108(96,97)104-81-85(79-100-87(92)73-68-63-58-53-23-20-17-14-11-8-3)106-89(94)76-71-66-61-56-51-47-43-39-40-44-48-52-57-62-67-72-83(4)5/h83-86,91H,6-82H2,1-5H3,(H,96,97)(H,98,99)/t84-,85+,86+/m0/s1. The number of carbonyl (C=O) groups excluding carboxylic acids is 4. The van der Waals surface area contributed by atoms with Crippen LogP contribution < -0.4 is 0 Å². The van der Waals surface area contributed by atoms with Gasteiger partial charge in [-0.25, -0.2) is 9.13 Å². The SMILES string of the molecule is CCCCCCCCCCCCCCCCCCCCCCCCC(=O)O[C@H](COC(=O)CCCCCCCCCCCCCCCCCCCCC)COP(=O)(O)OC[C@@H](O)COP(=O)(O)OC[C@@H](COC(=O)CCCCCCCCCCCC)OC(=O)CCCCCCCCCCCCCCCCCC(C)C. The lowest BCUT2D eigenvalue weighted by molar-refractivity contribution is -0.161. The molecule has 0 aromatic heterocycles. The number of unbranched alkanes of at least 4 members (excludes halogenated alkanes) is 62. The van der Waals surface area contributed by atoms with Gasteiger partial charge >= 0.3 is 39.5 Å². The average molecular weight is 1590 g/mol. The molecule has 0 heterocycles. The number of hydrogen-bond donors (Lipinski definition) is 3. The molecule has 109 heavy (non-hydrogen) atoms. The third-order valence-corrected chi connectivity index (χ3v) is 23.2. The Morgan fingerprint density at radius 1 is 0.248 bits per heavy atom. The quantitative estimate of drug-likeness (QED) is 0.0222. The first-order valence-electron chi connectivity index (χ1n) is 46.6. The van der Waals surface area contributed by atoms with E-state index in [1.54, 1.807) is 0 Å². The van der Waals surface area contributed by atoms with Crippen LogP contribution in [0.3, 0.4) is 0 Å². The Labute approximate surface area is 670 Å². The monoisotopic (exact) mass is 1590 g/mol. The maximum Gasteiger partial charge on any atom is 0.472 e. The van der Waals surface area contributed by atoms with Crippen molar-refractivity contribution in [3.05, 3.63) is 0 Å². The summed E-state index contributed by atoms with van der Waals surface area (Å²) in [5, 5.41) is 10.7. The Bertz CT molecular complexity index is 2070. The van der Waals surface area contributed by atoms with Crippen molar-refractivity contribution in [1.82, 2.24) is 0 Å². The highest BCUT2D eigenvalue weighted by Gasteiger charge is 2.31. The first-order chi connectivity index (χ1) is 53.0. The van der Waals surface area contributed by atoms with Crippen LogP contribution in [0.15, 0.2) is 0 Å². The van der Waals surface area contributed by atoms with Crippen molar-refractivity contribution >= 4 is 39.5 Å². The van der Waals surface area contributed by atoms with Crippen molar-refractivity contribution in [3.63, 3.8) is 0 Å². The van der Waals surface area contributed by atoms with Crippen LogP contribution in [0.4, 0.5) is 0 Å². The summed E-state index contributed by atoms with van der Waals surface area (Å²) >= 11 is 0. The van der Waals surface area contributed by atoms with Gasteiger partial charge in [-0.3, -0.25) is 37.3 Å². The molecule has 3 N–H and O–H groups in total. The van der Waals surface area contributed by atoms with Gasteiger partial charge in [0, 0.05) is 25.7 Å². The highest BCUT2D eigenvalue weighted by atomic mass is 31.2. The molecule has 0 aliphatic heterocycles. The lowest BCUT2D eigenvalue weighted by Crippen LogP contribution is -2.30. The highest BCUT2D eigenvalue weighted by Crippen LogP contribution is 2.45. The molecule has 0 spiro atoms. The predicted octanol–water partition coefficient (Wildman–Crippen LogP) is 27.9. The predicted molar refractivity (Wildman–Crippen MR) is 451 cm³/mol. The molecule has 648 valence electrons. The molecule has 19 heteroatoms. The van der Waals surface area contributed by atoms with E-state index < -0.39 is 97.5 Å². The van der Waals surface area contributed by atoms with Gasteiger partial charge in [-0.15, -0.1) is 0 Å². The number of rotatable bonds is 90. The third-order valence-electron chi connectivity index (χ3n) is 21.3. The molecule has 0 radical (unpaired) electrons. The Hall–Kier alpha value is -1.94. The smallest absolute Gasteiger partial charge is 0.462 e. The van der Waals surface area contributed by atoms with Crippen molar-refractivity contribution in [3.8, 4) is 0 Å². The highest BCUT2D eigenvalue weighted by molar-refractivity contribution is 7.47. The lowest BCUT2D eigenvalue weighted by atomic mass is 10.0. The van der Waals surface area contributed by atoms with Crippen LogP contribution in [0, 0.1) is 5.92 Å². The van der Waals surface area contributed by atoms with E-state index >= 15 is 0 Å². The molecule has 0 fully saturated rings. The number of ether oxygens (including phenoxy) is 4. The van der Waals surface area contributed by atoms with Crippen LogP contribution >= 0.6 is 15.6 Å². The molecule has 0 aliphatic rings. The van der Waals surface area contributed by atoms with Crippen LogP contribution in [-0.2, 0) is 65.4 Å². The van der Waals surface area contributed by atoms with Gasteiger partial charge < -0.3 is 33.8 Å². The van der Waals surface area contributed by atoms with Crippen molar-refractivity contribution < 1.29 is 80.2 Å². The van der Waals surface area contributed by atoms with Gasteiger partial charge in [-0.05, 0) is 31.6 Å². The number of carbonyl (C=O) groups is 4. The molecule has 0 rings (SSSR count). The molecule has 0 aromatic carbocycles. The minimum atomic E-state index is -4.97. The van der Waals surface area contributed by atoms with E-state index in [-0.39, 0.29) is 25.7 Å². The molecule has 0 aliphatic carbocycles. The zero-order valence-electron chi connectivity index (χ0n) is 71.7. The second-order valence-corrected chi connectivity index (χ2v) is 35.7. The van der Waals surface area contributed by atoms with Gasteiger partial charge in [0.25, 0.3) is 0 Å². The first kappa shape index (κ1) is 107. The number of phosphoric ester groups is 2. The molecule has 0 bridgehead atoms. The van der Waals surface area contributed by atoms with E-state index in [2.05, 4.69) is 34.6 Å². The van der Waals surface area contributed by atoms with Crippen LogP contribution in [0.5, 0.6) is 0 Å². The molecular formula is C90H176O17P2. The number of aliphatic hydroxyl groups excluding tert-OH is 1. The molecule has 17 nitrogen and oxygen atoms in total. The summed E-state index contributed by atoms with van der Waals surface area (Å²) in [6.07, 6.45) is 77.9. The fourth-order valence-corrected chi connectivity index (χ4v) is 15.8. The Balaban J connectivity index is 5.21. The van der Waals surface area contributed by atoms with Gasteiger partial charge in [-0.1, -0.05) is 439 Å². The second-order valence-electron chi connectivity index (χ2n) is 32.8. The molecule has 2 unspecified atom stereocenters. The average Bonchev–Trinajstić information content (AvgIpc) is 0.899. The summed E-state index contributed by atoms with van der Waals surface area (Å²) in [5.41, 5.74) is 0. The van der Waals surface area contributed by atoms with Crippen LogP contribution in [0.2, 0.25) is 0 Å². The zero-order chi connectivity index (χ0) is 79.7. The number of esters is 4. The van der Waals surface area contributed by atoms with Crippen LogP contribution in [-0.4, -0.2) is 96.7 Å². The van der Waals surface area contributed by atoms with E-state index in [0.717, 1.165) is 95.8 Å². The Morgan fingerprint density at radius 3 is 0.624 bits per heavy atom. The third kappa shape index (κ3) is 83.8. The molecule has 0 aromatic rings. The minimum absolute atomic E-state index is 0.108. The molecule has 5 atom stereocenters. The first-order valence-corrected chi connectivity index (χ1v) is 49.6. The van der Waals surface area contributed by atoms with Crippen molar-refractivity contribution in [1.29, 1.82) is 0 Å². The van der Waals surface area contributed by atoms with Gasteiger partial charge in [0.05, 0.1) is 26.4 Å². The summed E-state index contributed by atoms with van der Waals surface area (Å²) in [6.45, 7) is 7.40. The molecule has 0 saturated carbocycles. The maximum atomic E-state index is 13.2. The van der Waals surface area contributed by atoms with Crippen LogP contribution in [0.1, 0.15) is 490 Å². The molecule has 0 saturated heterocycles. The van der Waals surface area contributed by atoms with Gasteiger partial charge in [0.15, 0.2) is 12.2 Å². The van der Waals surface area contributed by atoms with Gasteiger partial charge in [0.2, 0.25) is 0 Å². The fourth-order valence-electron chi connectivity index (χ4n) is 14.2. The van der Waals surface area contributed by atoms with Crippen molar-refractivity contribution in [2.75, 3.05) is 39.6 Å². The fraction of sp³-hybridized carbons (Fsp3) is 0.956. The van der Waals surface area contributed by atoms with Crippen molar-refractivity contribution in [2.45, 2.75) is 509 Å². The zero-order valence-corrected chi connectivity index (χ0v) is 73.5. The largest absolute Gasteiger partial charge is 0.472 e. The number of phosphoric acid groups is 2. The summed E-state index contributed by atoms with van der Waals surface area (Å²) in [7, 11) is -9.93. The molecule has 0 amide bonds. The lowest BCUT2D eigenvalue weighted by Gasteiger charge is -2.21.